The van der Waals surface area contributed by atoms with Gasteiger partial charge in [-0.2, -0.15) is 0 Å². The number of benzene rings is 1. The molecule has 0 aliphatic heterocycles. The van der Waals surface area contributed by atoms with Crippen molar-refractivity contribution < 1.29 is 12.8 Å². The van der Waals surface area contributed by atoms with E-state index in [0.717, 1.165) is 12.1 Å². The van der Waals surface area contributed by atoms with Crippen molar-refractivity contribution in [3.63, 3.8) is 0 Å². The topological polar surface area (TPSA) is 47.0 Å². The number of halogens is 1. The molecule has 0 bridgehead atoms. The molecule has 0 aliphatic carbocycles. The zero-order chi connectivity index (χ0) is 15.7. The Bertz CT molecular complexity index is 737. The van der Waals surface area contributed by atoms with Crippen molar-refractivity contribution in [3.8, 4) is 0 Å². The van der Waals surface area contributed by atoms with Gasteiger partial charge in [0, 0.05) is 0 Å². The fourth-order valence-corrected chi connectivity index (χ4v) is 6.32. The average Bonchev–Trinajstić information content (AvgIpc) is 2.38. The normalized spacial score (nSPS) is 12.4. The van der Waals surface area contributed by atoms with Crippen molar-refractivity contribution in [2.45, 2.75) is 25.5 Å². The Labute approximate surface area is 129 Å². The molecule has 3 nitrogen and oxygen atoms in total. The van der Waals surface area contributed by atoms with Crippen molar-refractivity contribution >= 4 is 31.8 Å². The van der Waals surface area contributed by atoms with Gasteiger partial charge in [0.2, 0.25) is 0 Å². The van der Waals surface area contributed by atoms with Crippen molar-refractivity contribution in [2.24, 2.45) is 0 Å². The van der Waals surface area contributed by atoms with Crippen molar-refractivity contribution in [2.75, 3.05) is 0 Å². The molecular weight excluding hydrogens is 396 g/mol. The van der Waals surface area contributed by atoms with Crippen LogP contribution in [0, 0.1) is 5.82 Å². The molecule has 0 saturated heterocycles. The van der Waals surface area contributed by atoms with Gasteiger partial charge >= 0.3 is 129 Å². The van der Waals surface area contributed by atoms with Crippen LogP contribution in [0.25, 0.3) is 0 Å². The van der Waals surface area contributed by atoms with E-state index in [0.29, 0.717) is 5.56 Å². The van der Waals surface area contributed by atoms with E-state index in [2.05, 4.69) is 19.8 Å². The minimum absolute atomic E-state index is 0.110. The molecule has 1 aromatic carbocycles. The van der Waals surface area contributed by atoms with Gasteiger partial charge in [-0.3, -0.25) is 0 Å². The molecule has 0 saturated carbocycles. The number of hydrogen-bond donors (Lipinski definition) is 0. The van der Waals surface area contributed by atoms with Crippen LogP contribution < -0.4 is 3.58 Å². The average molecular weight is 414 g/mol. The molecule has 0 unspecified atom stereocenters. The van der Waals surface area contributed by atoms with Crippen LogP contribution in [0.3, 0.4) is 0 Å². The van der Waals surface area contributed by atoms with E-state index in [1.165, 1.54) is 15.7 Å². The van der Waals surface area contributed by atoms with Crippen LogP contribution in [0.1, 0.15) is 5.56 Å². The van der Waals surface area contributed by atoms with Crippen molar-refractivity contribution in [1.29, 1.82) is 0 Å². The molecule has 0 N–H and O–H groups in total. The Hall–Kier alpha value is -0.951. The summed E-state index contributed by atoms with van der Waals surface area (Å²) in [6, 6.07) is 6.86. The zero-order valence-corrected chi connectivity index (χ0v) is 16.0. The summed E-state index contributed by atoms with van der Waals surface area (Å²) in [6.07, 6.45) is 3.42. The van der Waals surface area contributed by atoms with E-state index in [1.807, 2.05) is 12.3 Å². The minimum atomic E-state index is -3.48. The molecule has 0 fully saturated rings. The molecule has 2 aromatic rings. The summed E-state index contributed by atoms with van der Waals surface area (Å²) in [6.45, 7) is 0. The van der Waals surface area contributed by atoms with Crippen LogP contribution in [0.2, 0.25) is 14.8 Å². The monoisotopic (exact) mass is 415 g/mol. The first kappa shape index (κ1) is 16.4. The summed E-state index contributed by atoms with van der Waals surface area (Å²) in [4.78, 5) is 11.1. The summed E-state index contributed by atoms with van der Waals surface area (Å²) >= 11 is -2.27. The molecule has 21 heavy (non-hydrogen) atoms. The van der Waals surface area contributed by atoms with Crippen LogP contribution in [-0.2, 0) is 15.6 Å². The van der Waals surface area contributed by atoms with Gasteiger partial charge in [0.15, 0.2) is 0 Å². The van der Waals surface area contributed by atoms with Gasteiger partial charge in [0.05, 0.1) is 0 Å². The van der Waals surface area contributed by atoms with Crippen LogP contribution in [0.15, 0.2) is 47.6 Å². The number of sulfone groups is 1. The fourth-order valence-electron chi connectivity index (χ4n) is 1.92. The van der Waals surface area contributed by atoms with E-state index in [4.69, 9.17) is 0 Å². The van der Waals surface area contributed by atoms with Crippen LogP contribution in [0.4, 0.5) is 4.39 Å². The zero-order valence-electron chi connectivity index (χ0n) is 12.3. The Balaban J connectivity index is 2.31. The summed E-state index contributed by atoms with van der Waals surface area (Å²) in [5, 5.41) is 0. The van der Waals surface area contributed by atoms with Gasteiger partial charge in [-0.25, -0.2) is 0 Å². The summed E-state index contributed by atoms with van der Waals surface area (Å²) in [5.41, 5.74) is 0.684. The number of aromatic nitrogens is 1. The van der Waals surface area contributed by atoms with E-state index >= 15 is 0 Å². The maximum atomic E-state index is 12.9. The van der Waals surface area contributed by atoms with Gasteiger partial charge in [0.25, 0.3) is 0 Å². The van der Waals surface area contributed by atoms with Crippen LogP contribution >= 0.6 is 0 Å². The van der Waals surface area contributed by atoms with Crippen molar-refractivity contribution in [1.82, 2.24) is 4.98 Å². The Morgan fingerprint density at radius 1 is 1.10 bits per heavy atom. The van der Waals surface area contributed by atoms with Gasteiger partial charge in [-0.1, -0.05) is 0 Å². The molecular formula is C15H18FNO2SSn. The molecule has 6 heteroatoms. The van der Waals surface area contributed by atoms with Crippen LogP contribution in [-0.4, -0.2) is 31.8 Å². The molecule has 1 heterocycles. The van der Waals surface area contributed by atoms with E-state index < -0.39 is 34.0 Å². The molecule has 2 rings (SSSR count). The first-order chi connectivity index (χ1) is 9.68. The number of rotatable bonds is 4. The van der Waals surface area contributed by atoms with Gasteiger partial charge in [-0.15, -0.1) is 0 Å². The quantitative estimate of drug-likeness (QED) is 0.571. The summed E-state index contributed by atoms with van der Waals surface area (Å²) < 4.78 is 38.8. The van der Waals surface area contributed by atoms with E-state index in [1.54, 1.807) is 6.20 Å². The second-order valence-electron chi connectivity index (χ2n) is 6.04. The second kappa shape index (κ2) is 6.04. The third kappa shape index (κ3) is 4.26. The third-order valence-corrected chi connectivity index (χ3v) is 10.6. The van der Waals surface area contributed by atoms with Gasteiger partial charge in [0.1, 0.15) is 0 Å². The molecule has 0 spiro atoms. The molecule has 0 amide bonds. The van der Waals surface area contributed by atoms with Crippen LogP contribution in [0.5, 0.6) is 0 Å². The summed E-state index contributed by atoms with van der Waals surface area (Å²) in [7, 11) is -3.48. The Morgan fingerprint density at radius 2 is 1.71 bits per heavy atom. The maximum absolute atomic E-state index is 12.9. The molecule has 112 valence electrons. The third-order valence-electron chi connectivity index (χ3n) is 3.19. The molecule has 1 aromatic heterocycles. The second-order valence-corrected chi connectivity index (χ2v) is 22.5. The van der Waals surface area contributed by atoms with Crippen molar-refractivity contribution in [3.05, 3.63) is 54.1 Å². The number of pyridine rings is 1. The van der Waals surface area contributed by atoms with E-state index in [9.17, 15) is 12.8 Å². The fraction of sp³-hybridized carbons (Fsp3) is 0.267. The summed E-state index contributed by atoms with van der Waals surface area (Å²) in [5.74, 6) is -0.555. The van der Waals surface area contributed by atoms with Gasteiger partial charge in [-0.05, 0) is 0 Å². The first-order valence-electron chi connectivity index (χ1n) is 6.61. The molecule has 0 atom stereocenters. The first-order valence-corrected chi connectivity index (χ1v) is 18.3. The SMILES string of the molecule is [CH3][Sn]([CH3])([CH3])[c]1cncc(CS(=O)(=O)c2ccc(F)cc2)c1. The van der Waals surface area contributed by atoms with E-state index in [-0.39, 0.29) is 10.6 Å². The number of hydrogen-bond acceptors (Lipinski definition) is 3. The molecule has 0 aliphatic rings. The Kier molecular flexibility index (Phi) is 4.72. The predicted octanol–water partition coefficient (Wildman–Crippen LogP) is 2.74. The van der Waals surface area contributed by atoms with Gasteiger partial charge < -0.3 is 0 Å². The standard InChI is InChI=1S/C12H9FNO2S.3CH3.Sn/c13-11-3-5-12(6-4-11)17(15,16)9-10-2-1-7-14-8-10;;;;/h2-8H,9H2;3*1H3;. The number of nitrogens with zero attached hydrogens (tertiary/aromatic N) is 1. The predicted molar refractivity (Wildman–Crippen MR) is 84.5 cm³/mol. The Morgan fingerprint density at radius 3 is 2.29 bits per heavy atom. The molecule has 0 radical (unpaired) electrons.